The minimum atomic E-state index is -0.429. The number of hydrogen-bond donors (Lipinski definition) is 1. The fourth-order valence-electron chi connectivity index (χ4n) is 1.97. The molecule has 0 saturated heterocycles. The Morgan fingerprint density at radius 3 is 2.65 bits per heavy atom. The molecule has 3 nitrogen and oxygen atoms in total. The lowest BCUT2D eigenvalue weighted by Crippen LogP contribution is -2.38. The van der Waals surface area contributed by atoms with E-state index in [2.05, 4.69) is 26.2 Å². The Hall–Kier alpha value is -0.970. The third-order valence-corrected chi connectivity index (χ3v) is 3.87. The Balaban J connectivity index is 1.91. The first kappa shape index (κ1) is 12.5. The number of amides is 1. The largest absolute Gasteiger partial charge is 0.348 e. The van der Waals surface area contributed by atoms with E-state index in [0.29, 0.717) is 4.83 Å². The molecule has 0 aromatic carbocycles. The SMILES string of the molecule is O=C(NC1CCC(Br)CC1)c1ccc(F)cn1. The third kappa shape index (κ3) is 3.49. The molecule has 1 saturated carbocycles. The summed E-state index contributed by atoms with van der Waals surface area (Å²) in [7, 11) is 0. The van der Waals surface area contributed by atoms with Gasteiger partial charge in [-0.25, -0.2) is 9.37 Å². The van der Waals surface area contributed by atoms with Crippen LogP contribution < -0.4 is 5.32 Å². The zero-order valence-corrected chi connectivity index (χ0v) is 10.9. The molecule has 1 aliphatic carbocycles. The summed E-state index contributed by atoms with van der Waals surface area (Å²) < 4.78 is 12.7. The smallest absolute Gasteiger partial charge is 0.270 e. The molecule has 0 unspecified atom stereocenters. The van der Waals surface area contributed by atoms with Crippen molar-refractivity contribution in [2.24, 2.45) is 0 Å². The highest BCUT2D eigenvalue weighted by Gasteiger charge is 2.21. The Morgan fingerprint density at radius 1 is 1.35 bits per heavy atom. The molecule has 0 aliphatic heterocycles. The molecule has 2 rings (SSSR count). The van der Waals surface area contributed by atoms with Gasteiger partial charge in [0.15, 0.2) is 0 Å². The second-order valence-corrected chi connectivity index (χ2v) is 5.58. The van der Waals surface area contributed by atoms with Crippen molar-refractivity contribution >= 4 is 21.8 Å². The Morgan fingerprint density at radius 2 is 2.06 bits per heavy atom. The van der Waals surface area contributed by atoms with Gasteiger partial charge in [-0.05, 0) is 37.8 Å². The van der Waals surface area contributed by atoms with Gasteiger partial charge in [-0.3, -0.25) is 4.79 Å². The average molecular weight is 301 g/mol. The monoisotopic (exact) mass is 300 g/mol. The van der Waals surface area contributed by atoms with E-state index in [0.717, 1.165) is 31.9 Å². The minimum absolute atomic E-state index is 0.211. The van der Waals surface area contributed by atoms with Crippen LogP contribution >= 0.6 is 15.9 Å². The molecule has 0 bridgehead atoms. The molecular formula is C12H14BrFN2O. The van der Waals surface area contributed by atoms with Gasteiger partial charge in [0.2, 0.25) is 0 Å². The first-order valence-electron chi connectivity index (χ1n) is 5.71. The van der Waals surface area contributed by atoms with Gasteiger partial charge in [-0.1, -0.05) is 15.9 Å². The summed E-state index contributed by atoms with van der Waals surface area (Å²) >= 11 is 3.57. The topological polar surface area (TPSA) is 42.0 Å². The number of nitrogens with one attached hydrogen (secondary N) is 1. The van der Waals surface area contributed by atoms with Crippen LogP contribution in [0.5, 0.6) is 0 Å². The molecule has 1 aliphatic rings. The maximum Gasteiger partial charge on any atom is 0.270 e. The van der Waals surface area contributed by atoms with E-state index in [1.165, 1.54) is 12.1 Å². The molecule has 1 N–H and O–H groups in total. The van der Waals surface area contributed by atoms with Gasteiger partial charge >= 0.3 is 0 Å². The summed E-state index contributed by atoms with van der Waals surface area (Å²) in [5.74, 6) is -0.649. The number of carbonyl (C=O) groups is 1. The standard InChI is InChI=1S/C12H14BrFN2O/c13-8-1-4-10(5-2-8)16-12(17)11-6-3-9(14)7-15-11/h3,6-8,10H,1-2,4-5H2,(H,16,17). The Bertz CT molecular complexity index is 388. The van der Waals surface area contributed by atoms with E-state index in [1.807, 2.05) is 0 Å². The molecule has 17 heavy (non-hydrogen) atoms. The molecular weight excluding hydrogens is 287 g/mol. The summed E-state index contributed by atoms with van der Waals surface area (Å²) in [6.45, 7) is 0. The number of halogens is 2. The normalized spacial score (nSPS) is 24.4. The van der Waals surface area contributed by atoms with Crippen LogP contribution in [-0.4, -0.2) is 21.8 Å². The van der Waals surface area contributed by atoms with Gasteiger partial charge in [-0.2, -0.15) is 0 Å². The molecule has 0 atom stereocenters. The highest BCUT2D eigenvalue weighted by atomic mass is 79.9. The van der Waals surface area contributed by atoms with E-state index in [1.54, 1.807) is 0 Å². The van der Waals surface area contributed by atoms with Crippen LogP contribution in [0.2, 0.25) is 0 Å². The maximum atomic E-state index is 12.7. The van der Waals surface area contributed by atoms with E-state index in [-0.39, 0.29) is 17.6 Å². The Labute approximate surface area is 108 Å². The first-order chi connectivity index (χ1) is 8.15. The number of nitrogens with zero attached hydrogens (tertiary/aromatic N) is 1. The van der Waals surface area contributed by atoms with Crippen LogP contribution in [0, 0.1) is 5.82 Å². The summed E-state index contributed by atoms with van der Waals surface area (Å²) in [4.78, 5) is 16.1. The number of hydrogen-bond acceptors (Lipinski definition) is 2. The summed E-state index contributed by atoms with van der Waals surface area (Å²) in [6.07, 6.45) is 5.15. The zero-order valence-electron chi connectivity index (χ0n) is 9.33. The van der Waals surface area contributed by atoms with Crippen LogP contribution in [-0.2, 0) is 0 Å². The fraction of sp³-hybridized carbons (Fsp3) is 0.500. The van der Waals surface area contributed by atoms with Crippen molar-refractivity contribution in [3.05, 3.63) is 29.8 Å². The molecule has 5 heteroatoms. The predicted octanol–water partition coefficient (Wildman–Crippen LogP) is 2.66. The zero-order chi connectivity index (χ0) is 12.3. The van der Waals surface area contributed by atoms with Crippen molar-refractivity contribution < 1.29 is 9.18 Å². The van der Waals surface area contributed by atoms with Crippen molar-refractivity contribution in [2.45, 2.75) is 36.6 Å². The highest BCUT2D eigenvalue weighted by Crippen LogP contribution is 2.24. The Kier molecular flexibility index (Phi) is 4.10. The average Bonchev–Trinajstić information content (AvgIpc) is 2.33. The number of alkyl halides is 1. The first-order valence-corrected chi connectivity index (χ1v) is 6.63. The summed E-state index contributed by atoms with van der Waals surface area (Å²) in [5, 5.41) is 2.93. The van der Waals surface area contributed by atoms with Gasteiger partial charge in [-0.15, -0.1) is 0 Å². The molecule has 1 heterocycles. The minimum Gasteiger partial charge on any atom is -0.348 e. The molecule has 92 valence electrons. The van der Waals surface area contributed by atoms with Gasteiger partial charge in [0.1, 0.15) is 11.5 Å². The molecule has 1 aromatic heterocycles. The molecule has 1 fully saturated rings. The van der Waals surface area contributed by atoms with Crippen LogP contribution in [0.3, 0.4) is 0 Å². The van der Waals surface area contributed by atoms with Gasteiger partial charge < -0.3 is 5.32 Å². The summed E-state index contributed by atoms with van der Waals surface area (Å²) in [5.41, 5.74) is 0.271. The third-order valence-electron chi connectivity index (χ3n) is 2.95. The van der Waals surface area contributed by atoms with E-state index in [9.17, 15) is 9.18 Å². The number of aromatic nitrogens is 1. The molecule has 0 radical (unpaired) electrons. The maximum absolute atomic E-state index is 12.7. The van der Waals surface area contributed by atoms with E-state index >= 15 is 0 Å². The second kappa shape index (κ2) is 5.58. The van der Waals surface area contributed by atoms with Gasteiger partial charge in [0, 0.05) is 10.9 Å². The van der Waals surface area contributed by atoms with Crippen LogP contribution in [0.4, 0.5) is 4.39 Å². The van der Waals surface area contributed by atoms with Crippen LogP contribution in [0.25, 0.3) is 0 Å². The van der Waals surface area contributed by atoms with Crippen molar-refractivity contribution in [3.8, 4) is 0 Å². The quantitative estimate of drug-likeness (QED) is 0.853. The van der Waals surface area contributed by atoms with Crippen LogP contribution in [0.1, 0.15) is 36.2 Å². The van der Waals surface area contributed by atoms with Crippen molar-refractivity contribution in [3.63, 3.8) is 0 Å². The van der Waals surface area contributed by atoms with E-state index in [4.69, 9.17) is 0 Å². The lowest BCUT2D eigenvalue weighted by atomic mass is 9.95. The molecule has 1 amide bonds. The molecule has 0 spiro atoms. The predicted molar refractivity (Wildman–Crippen MR) is 66.6 cm³/mol. The van der Waals surface area contributed by atoms with Crippen molar-refractivity contribution in [1.29, 1.82) is 0 Å². The number of carbonyl (C=O) groups excluding carboxylic acids is 1. The number of pyridine rings is 1. The van der Waals surface area contributed by atoms with Crippen molar-refractivity contribution in [1.82, 2.24) is 10.3 Å². The lowest BCUT2D eigenvalue weighted by molar-refractivity contribution is 0.0923. The van der Waals surface area contributed by atoms with Crippen LogP contribution in [0.15, 0.2) is 18.3 Å². The fourth-order valence-corrected chi connectivity index (χ4v) is 2.50. The molecule has 1 aromatic rings. The van der Waals surface area contributed by atoms with Gasteiger partial charge in [0.25, 0.3) is 5.91 Å². The second-order valence-electron chi connectivity index (χ2n) is 4.28. The summed E-state index contributed by atoms with van der Waals surface area (Å²) in [6, 6.07) is 2.86. The van der Waals surface area contributed by atoms with Gasteiger partial charge in [0.05, 0.1) is 6.20 Å². The highest BCUT2D eigenvalue weighted by molar-refractivity contribution is 9.09. The van der Waals surface area contributed by atoms with E-state index < -0.39 is 5.82 Å². The van der Waals surface area contributed by atoms with Crippen molar-refractivity contribution in [2.75, 3.05) is 0 Å². The number of rotatable bonds is 2. The lowest BCUT2D eigenvalue weighted by Gasteiger charge is -2.25.